The molecule has 4 heteroatoms. The van der Waals surface area contributed by atoms with Crippen LogP contribution in [-0.2, 0) is 4.79 Å². The number of hydrogen-bond acceptors (Lipinski definition) is 3. The molecule has 1 heterocycles. The highest BCUT2D eigenvalue weighted by Crippen LogP contribution is 2.20. The largest absolute Gasteiger partial charge is 0.481 e. The first-order valence-corrected chi connectivity index (χ1v) is 5.17. The van der Waals surface area contributed by atoms with Crippen LogP contribution < -0.4 is 0 Å². The number of benzene rings is 1. The van der Waals surface area contributed by atoms with Crippen molar-refractivity contribution in [3.8, 4) is 0 Å². The molecule has 1 aromatic carbocycles. The summed E-state index contributed by atoms with van der Waals surface area (Å²) in [7, 11) is 0. The van der Waals surface area contributed by atoms with Gasteiger partial charge in [-0.3, -0.25) is 4.79 Å². The number of hydrogen-bond donors (Lipinski definition) is 1. The Morgan fingerprint density at radius 1 is 1.38 bits per heavy atom. The second kappa shape index (κ2) is 4.26. The normalized spacial score (nSPS) is 12.6. The van der Waals surface area contributed by atoms with Crippen LogP contribution in [0.15, 0.2) is 30.3 Å². The van der Waals surface area contributed by atoms with Crippen LogP contribution in [0, 0.1) is 0 Å². The second-order valence-electron chi connectivity index (χ2n) is 3.63. The van der Waals surface area contributed by atoms with Crippen LogP contribution in [-0.4, -0.2) is 21.3 Å². The highest BCUT2D eigenvalue weighted by molar-refractivity contribution is 5.81. The molecular weight excluding hydrogens is 204 g/mol. The van der Waals surface area contributed by atoms with Gasteiger partial charge in [-0.1, -0.05) is 25.1 Å². The fourth-order valence-electron chi connectivity index (χ4n) is 1.68. The molecule has 2 rings (SSSR count). The van der Waals surface area contributed by atoms with E-state index in [2.05, 4.69) is 10.2 Å². The van der Waals surface area contributed by atoms with Gasteiger partial charge in [0, 0.05) is 5.39 Å². The number of aromatic nitrogens is 2. The van der Waals surface area contributed by atoms with Crippen LogP contribution in [0.5, 0.6) is 0 Å². The molecular formula is C12H12N2O2. The molecule has 0 fully saturated rings. The van der Waals surface area contributed by atoms with Crippen molar-refractivity contribution in [2.45, 2.75) is 19.3 Å². The number of rotatable bonds is 3. The van der Waals surface area contributed by atoms with Gasteiger partial charge in [0.15, 0.2) is 0 Å². The average molecular weight is 216 g/mol. The lowest BCUT2D eigenvalue weighted by Crippen LogP contribution is -2.12. The average Bonchev–Trinajstić information content (AvgIpc) is 2.29. The third kappa shape index (κ3) is 1.86. The smallest absolute Gasteiger partial charge is 0.312 e. The minimum Gasteiger partial charge on any atom is -0.481 e. The van der Waals surface area contributed by atoms with E-state index >= 15 is 0 Å². The van der Waals surface area contributed by atoms with E-state index in [1.54, 1.807) is 6.07 Å². The molecule has 0 radical (unpaired) electrons. The fraction of sp³-hybridized carbons (Fsp3) is 0.250. The molecule has 2 aromatic rings. The van der Waals surface area contributed by atoms with Gasteiger partial charge in [0.05, 0.1) is 11.2 Å². The summed E-state index contributed by atoms with van der Waals surface area (Å²) in [5, 5.41) is 17.9. The first-order chi connectivity index (χ1) is 7.72. The fourth-order valence-corrected chi connectivity index (χ4v) is 1.68. The van der Waals surface area contributed by atoms with E-state index in [0.717, 1.165) is 10.9 Å². The molecule has 1 unspecified atom stereocenters. The summed E-state index contributed by atoms with van der Waals surface area (Å²) in [5.41, 5.74) is 1.31. The molecule has 0 spiro atoms. The third-order valence-electron chi connectivity index (χ3n) is 2.58. The topological polar surface area (TPSA) is 63.1 Å². The molecule has 82 valence electrons. The Balaban J connectivity index is 2.49. The quantitative estimate of drug-likeness (QED) is 0.854. The lowest BCUT2D eigenvalue weighted by molar-refractivity contribution is -0.138. The molecule has 0 saturated heterocycles. The van der Waals surface area contributed by atoms with Gasteiger partial charge < -0.3 is 5.11 Å². The predicted molar refractivity (Wildman–Crippen MR) is 60.2 cm³/mol. The van der Waals surface area contributed by atoms with Gasteiger partial charge in [0.1, 0.15) is 5.92 Å². The van der Waals surface area contributed by atoms with Gasteiger partial charge in [-0.05, 0) is 18.6 Å². The van der Waals surface area contributed by atoms with Crippen molar-refractivity contribution in [3.63, 3.8) is 0 Å². The zero-order valence-electron chi connectivity index (χ0n) is 8.92. The van der Waals surface area contributed by atoms with Crippen molar-refractivity contribution in [3.05, 3.63) is 36.0 Å². The summed E-state index contributed by atoms with van der Waals surface area (Å²) >= 11 is 0. The molecule has 1 aromatic heterocycles. The van der Waals surface area contributed by atoms with Crippen molar-refractivity contribution >= 4 is 16.9 Å². The Kier molecular flexibility index (Phi) is 2.81. The molecule has 16 heavy (non-hydrogen) atoms. The van der Waals surface area contributed by atoms with E-state index in [4.69, 9.17) is 5.11 Å². The molecule has 1 atom stereocenters. The monoisotopic (exact) mass is 216 g/mol. The van der Waals surface area contributed by atoms with Gasteiger partial charge in [0.25, 0.3) is 0 Å². The molecule has 1 N–H and O–H groups in total. The van der Waals surface area contributed by atoms with E-state index in [0.29, 0.717) is 12.1 Å². The van der Waals surface area contributed by atoms with Gasteiger partial charge in [-0.15, -0.1) is 0 Å². The van der Waals surface area contributed by atoms with Crippen molar-refractivity contribution in [2.75, 3.05) is 0 Å². The van der Waals surface area contributed by atoms with Gasteiger partial charge in [0.2, 0.25) is 0 Å². The second-order valence-corrected chi connectivity index (χ2v) is 3.63. The van der Waals surface area contributed by atoms with E-state index in [1.165, 1.54) is 0 Å². The Morgan fingerprint density at radius 3 is 2.81 bits per heavy atom. The van der Waals surface area contributed by atoms with E-state index in [9.17, 15) is 4.79 Å². The third-order valence-corrected chi connectivity index (χ3v) is 2.58. The summed E-state index contributed by atoms with van der Waals surface area (Å²) in [6.07, 6.45) is 0.516. The standard InChI is InChI=1S/C12H12N2O2/c1-2-9(12(15)16)11-7-8-5-3-4-6-10(8)13-14-11/h3-7,9H,2H2,1H3,(H,15,16). The molecule has 0 aliphatic rings. The molecule has 4 nitrogen and oxygen atoms in total. The maximum atomic E-state index is 11.0. The number of fused-ring (bicyclic) bond motifs is 1. The van der Waals surface area contributed by atoms with Crippen molar-refractivity contribution < 1.29 is 9.90 Å². The molecule has 0 aliphatic carbocycles. The van der Waals surface area contributed by atoms with E-state index in [1.807, 2.05) is 31.2 Å². The SMILES string of the molecule is CCC(C(=O)O)c1cc2ccccc2nn1. The number of carbonyl (C=O) groups is 1. The van der Waals surface area contributed by atoms with Crippen LogP contribution in [0.25, 0.3) is 10.9 Å². The summed E-state index contributed by atoms with van der Waals surface area (Å²) in [4.78, 5) is 11.0. The first kappa shape index (κ1) is 10.5. The van der Waals surface area contributed by atoms with E-state index in [-0.39, 0.29) is 0 Å². The molecule has 0 bridgehead atoms. The van der Waals surface area contributed by atoms with Crippen LogP contribution in [0.4, 0.5) is 0 Å². The van der Waals surface area contributed by atoms with E-state index < -0.39 is 11.9 Å². The lowest BCUT2D eigenvalue weighted by atomic mass is 10.0. The van der Waals surface area contributed by atoms with Crippen LogP contribution >= 0.6 is 0 Å². The highest BCUT2D eigenvalue weighted by atomic mass is 16.4. The number of carboxylic acids is 1. The maximum Gasteiger partial charge on any atom is 0.312 e. The van der Waals surface area contributed by atoms with Crippen LogP contribution in [0.1, 0.15) is 25.0 Å². The summed E-state index contributed by atoms with van der Waals surface area (Å²) in [5.74, 6) is -1.43. The van der Waals surface area contributed by atoms with Crippen LogP contribution in [0.2, 0.25) is 0 Å². The number of carboxylic acid groups (broad SMARTS) is 1. The van der Waals surface area contributed by atoms with Crippen LogP contribution in [0.3, 0.4) is 0 Å². The van der Waals surface area contributed by atoms with Gasteiger partial charge >= 0.3 is 5.97 Å². The maximum absolute atomic E-state index is 11.0. The Morgan fingerprint density at radius 2 is 2.12 bits per heavy atom. The minimum atomic E-state index is -0.855. The number of aliphatic carboxylic acids is 1. The van der Waals surface area contributed by atoms with Gasteiger partial charge in [-0.25, -0.2) is 0 Å². The zero-order valence-corrected chi connectivity index (χ0v) is 8.92. The number of nitrogens with zero attached hydrogens (tertiary/aromatic N) is 2. The summed E-state index contributed by atoms with van der Waals surface area (Å²) < 4.78 is 0. The summed E-state index contributed by atoms with van der Waals surface area (Å²) in [6.45, 7) is 1.83. The molecule has 0 saturated carbocycles. The highest BCUT2D eigenvalue weighted by Gasteiger charge is 2.19. The lowest BCUT2D eigenvalue weighted by Gasteiger charge is -2.08. The minimum absolute atomic E-state index is 0.516. The van der Waals surface area contributed by atoms with Crippen molar-refractivity contribution in [1.82, 2.24) is 10.2 Å². The Bertz CT molecular complexity index is 525. The van der Waals surface area contributed by atoms with Gasteiger partial charge in [-0.2, -0.15) is 10.2 Å². The molecule has 0 aliphatic heterocycles. The Hall–Kier alpha value is -1.97. The molecule has 0 amide bonds. The first-order valence-electron chi connectivity index (χ1n) is 5.17. The summed E-state index contributed by atoms with van der Waals surface area (Å²) in [6, 6.07) is 9.33. The zero-order chi connectivity index (χ0) is 11.5. The van der Waals surface area contributed by atoms with Crippen molar-refractivity contribution in [1.29, 1.82) is 0 Å². The Labute approximate surface area is 92.9 Å². The predicted octanol–water partition coefficient (Wildman–Crippen LogP) is 2.21. The van der Waals surface area contributed by atoms with Crippen molar-refractivity contribution in [2.24, 2.45) is 0 Å².